The summed E-state index contributed by atoms with van der Waals surface area (Å²) >= 11 is 5.87. The summed E-state index contributed by atoms with van der Waals surface area (Å²) in [5.74, 6) is -0.594. The second-order valence-corrected chi connectivity index (χ2v) is 7.81. The summed E-state index contributed by atoms with van der Waals surface area (Å²) in [6.45, 7) is -2.13. The standard InChI is InChI=1S/C12H15I3N2O5/c13-7-5(1-18)8(14)10(16)9(15)6(7)11(22)17-12(2-19,3-20)4-21/h18-21H,1-4,16H2,(H,17,22). The number of anilines is 1. The molecule has 0 unspecified atom stereocenters. The molecule has 0 aliphatic carbocycles. The van der Waals surface area contributed by atoms with Crippen LogP contribution in [0.15, 0.2) is 0 Å². The molecule has 0 spiro atoms. The van der Waals surface area contributed by atoms with Gasteiger partial charge in [0.2, 0.25) is 0 Å². The predicted octanol–water partition coefficient (Wildman–Crippen LogP) is 0.0204. The van der Waals surface area contributed by atoms with Crippen LogP contribution in [0.5, 0.6) is 0 Å². The molecular weight excluding hydrogens is 633 g/mol. The molecule has 0 bridgehead atoms. The van der Waals surface area contributed by atoms with Gasteiger partial charge in [-0.25, -0.2) is 0 Å². The Bertz CT molecular complexity index is 570. The third kappa shape index (κ3) is 3.94. The van der Waals surface area contributed by atoms with Gasteiger partial charge in [-0.15, -0.1) is 0 Å². The lowest BCUT2D eigenvalue weighted by Gasteiger charge is -2.29. The van der Waals surface area contributed by atoms with Crippen molar-refractivity contribution in [2.45, 2.75) is 12.1 Å². The number of nitrogens with two attached hydrogens (primary N) is 1. The molecule has 10 heteroatoms. The number of nitrogen functional groups attached to an aromatic ring is 1. The minimum atomic E-state index is -1.53. The molecular formula is C12H15I3N2O5. The van der Waals surface area contributed by atoms with Gasteiger partial charge in [0, 0.05) is 12.7 Å². The van der Waals surface area contributed by atoms with E-state index in [1.54, 1.807) is 0 Å². The molecule has 1 aromatic rings. The second kappa shape index (κ2) is 8.57. The third-order valence-corrected chi connectivity index (χ3v) is 6.66. The number of rotatable bonds is 6. The van der Waals surface area contributed by atoms with E-state index in [1.807, 2.05) is 67.8 Å². The Morgan fingerprint density at radius 1 is 1.00 bits per heavy atom. The molecule has 7 nitrogen and oxygen atoms in total. The molecule has 1 amide bonds. The van der Waals surface area contributed by atoms with Crippen molar-refractivity contribution in [2.24, 2.45) is 0 Å². The fourth-order valence-electron chi connectivity index (χ4n) is 1.65. The number of benzene rings is 1. The zero-order chi connectivity index (χ0) is 17.1. The maximum absolute atomic E-state index is 12.5. The molecule has 0 saturated heterocycles. The molecule has 0 radical (unpaired) electrons. The third-order valence-electron chi connectivity index (χ3n) is 3.11. The fourth-order valence-corrected chi connectivity index (χ4v) is 5.64. The first-order valence-corrected chi connectivity index (χ1v) is 9.23. The van der Waals surface area contributed by atoms with Crippen LogP contribution in [0.25, 0.3) is 0 Å². The van der Waals surface area contributed by atoms with Gasteiger partial charge in [-0.05, 0) is 67.8 Å². The van der Waals surface area contributed by atoms with Gasteiger partial charge < -0.3 is 31.5 Å². The van der Waals surface area contributed by atoms with E-state index in [9.17, 15) is 25.2 Å². The van der Waals surface area contributed by atoms with Crippen LogP contribution in [0.3, 0.4) is 0 Å². The van der Waals surface area contributed by atoms with Crippen LogP contribution in [0.2, 0.25) is 0 Å². The van der Waals surface area contributed by atoms with Crippen molar-refractivity contribution in [3.05, 3.63) is 21.8 Å². The van der Waals surface area contributed by atoms with Crippen LogP contribution in [0.1, 0.15) is 15.9 Å². The van der Waals surface area contributed by atoms with Crippen molar-refractivity contribution in [2.75, 3.05) is 25.6 Å². The highest BCUT2D eigenvalue weighted by atomic mass is 127. The van der Waals surface area contributed by atoms with E-state index in [4.69, 9.17) is 5.73 Å². The normalized spacial score (nSPS) is 11.6. The maximum Gasteiger partial charge on any atom is 0.254 e. The van der Waals surface area contributed by atoms with E-state index in [2.05, 4.69) is 5.32 Å². The Kier molecular flexibility index (Phi) is 8.01. The molecule has 0 atom stereocenters. The number of carbonyl (C=O) groups is 1. The molecule has 0 heterocycles. The van der Waals surface area contributed by atoms with Crippen molar-refractivity contribution < 1.29 is 25.2 Å². The first-order valence-electron chi connectivity index (χ1n) is 5.99. The Morgan fingerprint density at radius 3 is 1.91 bits per heavy atom. The van der Waals surface area contributed by atoms with Crippen molar-refractivity contribution in [3.8, 4) is 0 Å². The zero-order valence-corrected chi connectivity index (χ0v) is 17.7. The van der Waals surface area contributed by atoms with Gasteiger partial charge in [-0.1, -0.05) is 0 Å². The summed E-state index contributed by atoms with van der Waals surface area (Å²) in [5.41, 5.74) is 5.59. The summed E-state index contributed by atoms with van der Waals surface area (Å²) in [7, 11) is 0. The van der Waals surface area contributed by atoms with Gasteiger partial charge in [0.25, 0.3) is 5.91 Å². The summed E-state index contributed by atoms with van der Waals surface area (Å²) in [6, 6.07) is 0. The molecule has 0 saturated carbocycles. The quantitative estimate of drug-likeness (QED) is 0.191. The van der Waals surface area contributed by atoms with Gasteiger partial charge in [0.15, 0.2) is 0 Å². The Morgan fingerprint density at radius 2 is 1.50 bits per heavy atom. The molecule has 0 aromatic heterocycles. The molecule has 1 aromatic carbocycles. The lowest BCUT2D eigenvalue weighted by atomic mass is 10.0. The lowest BCUT2D eigenvalue weighted by molar-refractivity contribution is 0.0374. The summed E-state index contributed by atoms with van der Waals surface area (Å²) in [5, 5.41) is 39.8. The first kappa shape index (κ1) is 20.6. The number of nitrogens with one attached hydrogen (secondary N) is 1. The number of aliphatic hydroxyl groups is 4. The molecule has 1 rings (SSSR count). The van der Waals surface area contributed by atoms with Crippen LogP contribution >= 0.6 is 67.8 Å². The van der Waals surface area contributed by atoms with E-state index < -0.39 is 31.3 Å². The molecule has 0 aliphatic heterocycles. The molecule has 0 fully saturated rings. The number of carbonyl (C=O) groups excluding carboxylic acids is 1. The lowest BCUT2D eigenvalue weighted by Crippen LogP contribution is -2.57. The average molecular weight is 648 g/mol. The predicted molar refractivity (Wildman–Crippen MR) is 106 cm³/mol. The van der Waals surface area contributed by atoms with E-state index in [0.717, 1.165) is 0 Å². The smallest absolute Gasteiger partial charge is 0.254 e. The van der Waals surface area contributed by atoms with Crippen LogP contribution in [0, 0.1) is 10.7 Å². The Hall–Kier alpha value is 0.520. The van der Waals surface area contributed by atoms with Crippen molar-refractivity contribution in [1.82, 2.24) is 5.32 Å². The minimum absolute atomic E-state index is 0.239. The van der Waals surface area contributed by atoms with E-state index in [-0.39, 0.29) is 12.2 Å². The highest BCUT2D eigenvalue weighted by Crippen LogP contribution is 2.33. The zero-order valence-electron chi connectivity index (χ0n) is 11.2. The largest absolute Gasteiger partial charge is 0.397 e. The van der Waals surface area contributed by atoms with Crippen molar-refractivity contribution in [3.63, 3.8) is 0 Å². The molecule has 124 valence electrons. The van der Waals surface area contributed by atoms with Gasteiger partial charge in [-0.2, -0.15) is 0 Å². The van der Waals surface area contributed by atoms with Crippen molar-refractivity contribution >= 4 is 79.4 Å². The fraction of sp³-hybridized carbons (Fsp3) is 0.417. The molecule has 22 heavy (non-hydrogen) atoms. The number of halogens is 3. The van der Waals surface area contributed by atoms with Crippen molar-refractivity contribution in [1.29, 1.82) is 0 Å². The highest BCUT2D eigenvalue weighted by molar-refractivity contribution is 14.1. The highest BCUT2D eigenvalue weighted by Gasteiger charge is 2.32. The Balaban J connectivity index is 3.38. The SMILES string of the molecule is Nc1c(I)c(CO)c(I)c(C(=O)NC(CO)(CO)CO)c1I. The van der Waals surface area contributed by atoms with Crippen LogP contribution < -0.4 is 11.1 Å². The van der Waals surface area contributed by atoms with Gasteiger partial charge in [-0.3, -0.25) is 4.79 Å². The summed E-state index contributed by atoms with van der Waals surface area (Å²) in [4.78, 5) is 12.5. The van der Waals surface area contributed by atoms with Crippen LogP contribution in [-0.4, -0.2) is 51.7 Å². The number of aliphatic hydroxyl groups excluding tert-OH is 4. The first-order chi connectivity index (χ1) is 10.3. The van der Waals surface area contributed by atoms with E-state index in [0.29, 0.717) is 22.0 Å². The average Bonchev–Trinajstić information content (AvgIpc) is 2.51. The van der Waals surface area contributed by atoms with Gasteiger partial charge in [0.05, 0.1) is 41.2 Å². The Labute approximate surface area is 168 Å². The number of hydrogen-bond acceptors (Lipinski definition) is 6. The maximum atomic E-state index is 12.5. The second-order valence-electron chi connectivity index (χ2n) is 4.58. The van der Waals surface area contributed by atoms with E-state index >= 15 is 0 Å². The molecule has 7 N–H and O–H groups in total. The number of amides is 1. The summed E-state index contributed by atoms with van der Waals surface area (Å²) in [6.07, 6.45) is 0. The van der Waals surface area contributed by atoms with E-state index in [1.165, 1.54) is 0 Å². The number of hydrogen-bond donors (Lipinski definition) is 6. The van der Waals surface area contributed by atoms with Crippen LogP contribution in [-0.2, 0) is 6.61 Å². The monoisotopic (exact) mass is 648 g/mol. The summed E-state index contributed by atoms with van der Waals surface area (Å²) < 4.78 is 1.70. The topological polar surface area (TPSA) is 136 Å². The van der Waals surface area contributed by atoms with Gasteiger partial charge >= 0.3 is 0 Å². The van der Waals surface area contributed by atoms with Crippen LogP contribution in [0.4, 0.5) is 5.69 Å². The minimum Gasteiger partial charge on any atom is -0.397 e. The molecule has 0 aliphatic rings. The van der Waals surface area contributed by atoms with Gasteiger partial charge in [0.1, 0.15) is 5.54 Å².